The van der Waals surface area contributed by atoms with Crippen LogP contribution in [0.2, 0.25) is 0 Å². The van der Waals surface area contributed by atoms with Crippen molar-refractivity contribution < 1.29 is 0 Å². The molecular formula is C14H17NS. The standard InChI is InChI=1S/C14H17NS/c1-4-5-6-7-12(3)16-13-8-9-14(15)11(2)10-13/h4-10H,1,15H2,2-3H3/b6-5-,12-7+. The summed E-state index contributed by atoms with van der Waals surface area (Å²) in [5.74, 6) is 0. The van der Waals surface area contributed by atoms with Crippen LogP contribution in [0.1, 0.15) is 12.5 Å². The molecule has 84 valence electrons. The largest absolute Gasteiger partial charge is 0.399 e. The summed E-state index contributed by atoms with van der Waals surface area (Å²) in [4.78, 5) is 2.45. The summed E-state index contributed by atoms with van der Waals surface area (Å²) in [6.45, 7) is 7.74. The van der Waals surface area contributed by atoms with Crippen molar-refractivity contribution in [2.45, 2.75) is 18.7 Å². The Morgan fingerprint density at radius 1 is 1.38 bits per heavy atom. The minimum atomic E-state index is 0.845. The number of nitrogens with two attached hydrogens (primary N) is 1. The second-order valence-electron chi connectivity index (χ2n) is 3.52. The topological polar surface area (TPSA) is 26.0 Å². The lowest BCUT2D eigenvalue weighted by Gasteiger charge is -2.04. The second-order valence-corrected chi connectivity index (χ2v) is 4.84. The van der Waals surface area contributed by atoms with E-state index in [-0.39, 0.29) is 0 Å². The minimum Gasteiger partial charge on any atom is -0.399 e. The molecule has 0 atom stereocenters. The van der Waals surface area contributed by atoms with Gasteiger partial charge in [-0.2, -0.15) is 0 Å². The first-order chi connectivity index (χ1) is 7.63. The van der Waals surface area contributed by atoms with Crippen molar-refractivity contribution in [3.8, 4) is 0 Å². The number of nitrogen functional groups attached to an aromatic ring is 1. The molecule has 0 aliphatic rings. The van der Waals surface area contributed by atoms with E-state index in [2.05, 4.69) is 25.6 Å². The molecule has 1 aromatic carbocycles. The number of hydrogen-bond acceptors (Lipinski definition) is 2. The Balaban J connectivity index is 2.73. The first kappa shape index (κ1) is 12.7. The predicted octanol–water partition coefficient (Wildman–Crippen LogP) is 4.32. The fraction of sp³-hybridized carbons (Fsp3) is 0.143. The van der Waals surface area contributed by atoms with E-state index in [1.165, 1.54) is 9.80 Å². The molecular weight excluding hydrogens is 214 g/mol. The zero-order chi connectivity index (χ0) is 12.0. The smallest absolute Gasteiger partial charge is 0.0344 e. The van der Waals surface area contributed by atoms with Gasteiger partial charge in [0.15, 0.2) is 0 Å². The second kappa shape index (κ2) is 6.23. The van der Waals surface area contributed by atoms with Gasteiger partial charge in [-0.25, -0.2) is 0 Å². The normalized spacial score (nSPS) is 12.0. The highest BCUT2D eigenvalue weighted by Gasteiger charge is 1.98. The van der Waals surface area contributed by atoms with Gasteiger partial charge in [0.05, 0.1) is 0 Å². The molecule has 0 saturated heterocycles. The molecule has 0 saturated carbocycles. The average molecular weight is 231 g/mol. The minimum absolute atomic E-state index is 0.845. The molecule has 0 fully saturated rings. The monoisotopic (exact) mass is 231 g/mol. The third-order valence-electron chi connectivity index (χ3n) is 2.10. The molecule has 2 N–H and O–H groups in total. The maximum Gasteiger partial charge on any atom is 0.0344 e. The first-order valence-corrected chi connectivity index (χ1v) is 5.95. The number of allylic oxidation sites excluding steroid dienone is 5. The molecule has 0 radical (unpaired) electrons. The van der Waals surface area contributed by atoms with Crippen molar-refractivity contribution in [3.63, 3.8) is 0 Å². The number of hydrogen-bond donors (Lipinski definition) is 1. The van der Waals surface area contributed by atoms with Gasteiger partial charge in [0.25, 0.3) is 0 Å². The lowest BCUT2D eigenvalue weighted by molar-refractivity contribution is 1.36. The van der Waals surface area contributed by atoms with Crippen LogP contribution in [0.15, 0.2) is 58.9 Å². The zero-order valence-corrected chi connectivity index (χ0v) is 10.6. The molecule has 0 aromatic heterocycles. The van der Waals surface area contributed by atoms with Gasteiger partial charge in [-0.15, -0.1) is 0 Å². The number of anilines is 1. The Labute approximate surface area is 102 Å². The van der Waals surface area contributed by atoms with Crippen LogP contribution in [0.25, 0.3) is 0 Å². The van der Waals surface area contributed by atoms with Gasteiger partial charge in [0.2, 0.25) is 0 Å². The summed E-state index contributed by atoms with van der Waals surface area (Å²) in [7, 11) is 0. The molecule has 0 amide bonds. The fourth-order valence-electron chi connectivity index (χ4n) is 1.20. The Kier molecular flexibility index (Phi) is 4.93. The van der Waals surface area contributed by atoms with Crippen molar-refractivity contribution in [2.24, 2.45) is 0 Å². The highest BCUT2D eigenvalue weighted by molar-refractivity contribution is 8.03. The molecule has 2 heteroatoms. The highest BCUT2D eigenvalue weighted by Crippen LogP contribution is 2.28. The SMILES string of the molecule is C=C/C=C\C=C(/C)Sc1ccc(N)c(C)c1. The molecule has 0 aliphatic heterocycles. The molecule has 0 spiro atoms. The molecule has 1 aromatic rings. The van der Waals surface area contributed by atoms with Crippen LogP contribution in [0.3, 0.4) is 0 Å². The van der Waals surface area contributed by atoms with Crippen LogP contribution in [-0.4, -0.2) is 0 Å². The molecule has 0 unspecified atom stereocenters. The van der Waals surface area contributed by atoms with Gasteiger partial charge in [-0.1, -0.05) is 42.6 Å². The van der Waals surface area contributed by atoms with Gasteiger partial charge >= 0.3 is 0 Å². The summed E-state index contributed by atoms with van der Waals surface area (Å²) in [6.07, 6.45) is 7.73. The Hall–Kier alpha value is -1.41. The van der Waals surface area contributed by atoms with Crippen molar-refractivity contribution in [1.82, 2.24) is 0 Å². The van der Waals surface area contributed by atoms with Crippen molar-refractivity contribution >= 4 is 17.4 Å². The summed E-state index contributed by atoms with van der Waals surface area (Å²) in [5, 5.41) is 0. The van der Waals surface area contributed by atoms with Crippen LogP contribution in [0.4, 0.5) is 5.69 Å². The summed E-state index contributed by atoms with van der Waals surface area (Å²) < 4.78 is 0. The summed E-state index contributed by atoms with van der Waals surface area (Å²) in [6, 6.07) is 6.10. The van der Waals surface area contributed by atoms with E-state index in [9.17, 15) is 0 Å². The lowest BCUT2D eigenvalue weighted by Crippen LogP contribution is -1.88. The van der Waals surface area contributed by atoms with Gasteiger partial charge in [-0.05, 0) is 42.5 Å². The van der Waals surface area contributed by atoms with E-state index in [0.717, 1.165) is 11.3 Å². The molecule has 1 nitrogen and oxygen atoms in total. The lowest BCUT2D eigenvalue weighted by atomic mass is 10.2. The van der Waals surface area contributed by atoms with Crippen molar-refractivity contribution in [3.05, 3.63) is 59.6 Å². The average Bonchev–Trinajstić information content (AvgIpc) is 2.24. The molecule has 0 heterocycles. The number of thioether (sulfide) groups is 1. The maximum atomic E-state index is 5.77. The van der Waals surface area contributed by atoms with Crippen LogP contribution < -0.4 is 5.73 Å². The van der Waals surface area contributed by atoms with E-state index in [1.807, 2.05) is 31.2 Å². The number of aryl methyl sites for hydroxylation is 1. The van der Waals surface area contributed by atoms with E-state index in [1.54, 1.807) is 17.8 Å². The first-order valence-electron chi connectivity index (χ1n) is 5.13. The van der Waals surface area contributed by atoms with Crippen LogP contribution in [0, 0.1) is 6.92 Å². The molecule has 1 rings (SSSR count). The van der Waals surface area contributed by atoms with E-state index in [4.69, 9.17) is 5.73 Å². The molecule has 0 bridgehead atoms. The Morgan fingerprint density at radius 2 is 2.12 bits per heavy atom. The summed E-state index contributed by atoms with van der Waals surface area (Å²) >= 11 is 1.74. The number of benzene rings is 1. The Morgan fingerprint density at radius 3 is 2.75 bits per heavy atom. The zero-order valence-electron chi connectivity index (χ0n) is 9.73. The number of rotatable bonds is 4. The van der Waals surface area contributed by atoms with Gasteiger partial charge in [0, 0.05) is 10.6 Å². The predicted molar refractivity (Wildman–Crippen MR) is 74.5 cm³/mol. The van der Waals surface area contributed by atoms with Crippen LogP contribution >= 0.6 is 11.8 Å². The molecule has 16 heavy (non-hydrogen) atoms. The Bertz CT molecular complexity index is 430. The third kappa shape index (κ3) is 3.99. The third-order valence-corrected chi connectivity index (χ3v) is 3.05. The van der Waals surface area contributed by atoms with Gasteiger partial charge in [-0.3, -0.25) is 0 Å². The van der Waals surface area contributed by atoms with E-state index >= 15 is 0 Å². The molecule has 0 aliphatic carbocycles. The van der Waals surface area contributed by atoms with Crippen molar-refractivity contribution in [2.75, 3.05) is 5.73 Å². The fourth-order valence-corrected chi connectivity index (χ4v) is 2.09. The van der Waals surface area contributed by atoms with Crippen LogP contribution in [-0.2, 0) is 0 Å². The maximum absolute atomic E-state index is 5.77. The highest BCUT2D eigenvalue weighted by atomic mass is 32.2. The van der Waals surface area contributed by atoms with Crippen molar-refractivity contribution in [1.29, 1.82) is 0 Å². The van der Waals surface area contributed by atoms with Crippen LogP contribution in [0.5, 0.6) is 0 Å². The van der Waals surface area contributed by atoms with E-state index < -0.39 is 0 Å². The van der Waals surface area contributed by atoms with E-state index in [0.29, 0.717) is 0 Å². The summed E-state index contributed by atoms with van der Waals surface area (Å²) in [5.41, 5.74) is 7.74. The van der Waals surface area contributed by atoms with Gasteiger partial charge < -0.3 is 5.73 Å². The quantitative estimate of drug-likeness (QED) is 0.474. The van der Waals surface area contributed by atoms with Gasteiger partial charge in [0.1, 0.15) is 0 Å².